The van der Waals surface area contributed by atoms with Crippen LogP contribution >= 0.6 is 7.37 Å². The van der Waals surface area contributed by atoms with Crippen LogP contribution in [0.2, 0.25) is 0 Å². The van der Waals surface area contributed by atoms with Crippen molar-refractivity contribution in [3.63, 3.8) is 0 Å². The van der Waals surface area contributed by atoms with E-state index >= 15 is 0 Å². The highest BCUT2D eigenvalue weighted by Crippen LogP contribution is 2.36. The van der Waals surface area contributed by atoms with Crippen LogP contribution in [0, 0.1) is 0 Å². The molecular weight excluding hydrogens is 195 g/mol. The van der Waals surface area contributed by atoms with Gasteiger partial charge in [0.25, 0.3) is 0 Å². The predicted molar refractivity (Wildman–Crippen MR) is 47.1 cm³/mol. The Hall–Kier alpha value is -0.670. The van der Waals surface area contributed by atoms with Crippen molar-refractivity contribution in [1.29, 1.82) is 0 Å². The van der Waals surface area contributed by atoms with Crippen LogP contribution in [0.15, 0.2) is 0 Å². The van der Waals surface area contributed by atoms with Gasteiger partial charge in [0.1, 0.15) is 0 Å². The molecule has 6 heteroatoms. The van der Waals surface area contributed by atoms with Gasteiger partial charge in [-0.3, -0.25) is 9.36 Å². The van der Waals surface area contributed by atoms with E-state index in [9.17, 15) is 14.2 Å². The Morgan fingerprint density at radius 2 is 1.85 bits per heavy atom. The zero-order chi connectivity index (χ0) is 10.5. The second kappa shape index (κ2) is 5.14. The molecule has 1 atom stereocenters. The van der Waals surface area contributed by atoms with Gasteiger partial charge in [-0.25, -0.2) is 4.79 Å². The number of carbonyl (C=O) groups is 2. The molecule has 0 saturated carbocycles. The molecule has 0 heterocycles. The second-order valence-corrected chi connectivity index (χ2v) is 5.51. The first-order valence-corrected chi connectivity index (χ1v) is 6.17. The normalized spacial score (nSPS) is 14.9. The van der Waals surface area contributed by atoms with Crippen LogP contribution in [0.1, 0.15) is 19.3 Å². The summed E-state index contributed by atoms with van der Waals surface area (Å²) in [5.41, 5.74) is 0. The van der Waals surface area contributed by atoms with Crippen LogP contribution in [0.4, 0.5) is 0 Å². The number of carboxylic acids is 1. The number of hydrogen-bond donors (Lipinski definition) is 2. The number of carbonyl (C=O) groups excluding carboxylic acids is 1. The third-order valence-electron chi connectivity index (χ3n) is 1.47. The highest BCUT2D eigenvalue weighted by atomic mass is 31.2. The van der Waals surface area contributed by atoms with Crippen molar-refractivity contribution in [3.8, 4) is 0 Å². The molecule has 0 spiro atoms. The molecule has 0 radical (unpaired) electrons. The van der Waals surface area contributed by atoms with Crippen molar-refractivity contribution in [1.82, 2.24) is 0 Å². The zero-order valence-electron chi connectivity index (χ0n) is 7.39. The van der Waals surface area contributed by atoms with E-state index in [2.05, 4.69) is 0 Å². The summed E-state index contributed by atoms with van der Waals surface area (Å²) in [6.45, 7) is 1.24. The summed E-state index contributed by atoms with van der Waals surface area (Å²) in [6.07, 6.45) is 0.835. The lowest BCUT2D eigenvalue weighted by molar-refractivity contribution is -0.149. The summed E-state index contributed by atoms with van der Waals surface area (Å²) in [5, 5.41) is 8.19. The maximum absolute atomic E-state index is 10.7. The topological polar surface area (TPSA) is 91.7 Å². The molecule has 0 aliphatic carbocycles. The van der Waals surface area contributed by atoms with Crippen molar-refractivity contribution < 1.29 is 24.2 Å². The molecule has 5 nitrogen and oxygen atoms in total. The Balaban J connectivity index is 3.53. The number of hydrogen-bond acceptors (Lipinski definition) is 3. The van der Waals surface area contributed by atoms with Crippen molar-refractivity contribution in [2.24, 2.45) is 0 Å². The first-order chi connectivity index (χ1) is 5.83. The van der Waals surface area contributed by atoms with Crippen LogP contribution < -0.4 is 0 Å². The molecule has 0 aromatic heterocycles. The summed E-state index contributed by atoms with van der Waals surface area (Å²) in [4.78, 5) is 29.4. The van der Waals surface area contributed by atoms with Crippen LogP contribution in [0.3, 0.4) is 0 Å². The highest BCUT2D eigenvalue weighted by Gasteiger charge is 2.12. The monoisotopic (exact) mass is 208 g/mol. The Morgan fingerprint density at radius 1 is 1.31 bits per heavy atom. The summed E-state index contributed by atoms with van der Waals surface area (Å²) >= 11 is 0. The number of unbranched alkanes of at least 4 members (excludes halogenated alkanes) is 1. The van der Waals surface area contributed by atoms with Crippen molar-refractivity contribution in [3.05, 3.63) is 0 Å². The lowest BCUT2D eigenvalue weighted by Gasteiger charge is -2.02. The molecule has 1 unspecified atom stereocenters. The van der Waals surface area contributed by atoms with Crippen LogP contribution in [0.25, 0.3) is 0 Å². The molecule has 0 saturated heterocycles. The van der Waals surface area contributed by atoms with Crippen LogP contribution in [-0.2, 0) is 14.2 Å². The van der Waals surface area contributed by atoms with Gasteiger partial charge in [-0.2, -0.15) is 0 Å². The smallest absolute Gasteiger partial charge is 0.372 e. The molecule has 0 aromatic carbocycles. The largest absolute Gasteiger partial charge is 0.476 e. The first-order valence-electron chi connectivity index (χ1n) is 3.88. The maximum Gasteiger partial charge on any atom is 0.372 e. The van der Waals surface area contributed by atoms with E-state index in [0.29, 0.717) is 12.8 Å². The van der Waals surface area contributed by atoms with Gasteiger partial charge in [0.15, 0.2) is 7.37 Å². The molecule has 13 heavy (non-hydrogen) atoms. The van der Waals surface area contributed by atoms with Gasteiger partial charge < -0.3 is 10.00 Å². The molecule has 0 rings (SSSR count). The molecule has 0 aromatic rings. The third-order valence-corrected chi connectivity index (χ3v) is 2.61. The fourth-order valence-corrected chi connectivity index (χ4v) is 1.61. The van der Waals surface area contributed by atoms with E-state index in [4.69, 9.17) is 10.00 Å². The maximum atomic E-state index is 10.7. The quantitative estimate of drug-likeness (QED) is 0.381. The molecule has 0 amide bonds. The minimum atomic E-state index is -3.01. The Kier molecular flexibility index (Phi) is 4.88. The predicted octanol–water partition coefficient (Wildman–Crippen LogP) is 0.711. The van der Waals surface area contributed by atoms with Gasteiger partial charge in [0, 0.05) is 19.2 Å². The summed E-state index contributed by atoms with van der Waals surface area (Å²) in [5.74, 6) is -2.28. The molecule has 76 valence electrons. The summed E-state index contributed by atoms with van der Waals surface area (Å²) < 4.78 is 10.7. The van der Waals surface area contributed by atoms with E-state index in [1.54, 1.807) is 0 Å². The van der Waals surface area contributed by atoms with Gasteiger partial charge >= 0.3 is 5.97 Å². The number of Topliss-reactive ketones (excluding diaryl/α,β-unsaturated/α-hetero) is 1. The Bertz CT molecular complexity index is 241. The van der Waals surface area contributed by atoms with Crippen molar-refractivity contribution in [2.45, 2.75) is 19.3 Å². The van der Waals surface area contributed by atoms with E-state index < -0.39 is 19.1 Å². The minimum Gasteiger partial charge on any atom is -0.476 e. The average molecular weight is 208 g/mol. The number of aliphatic carboxylic acids is 1. The number of ketones is 1. The van der Waals surface area contributed by atoms with Crippen molar-refractivity contribution >= 4 is 19.1 Å². The van der Waals surface area contributed by atoms with E-state index in [-0.39, 0.29) is 12.6 Å². The lowest BCUT2D eigenvalue weighted by Crippen LogP contribution is -2.11. The van der Waals surface area contributed by atoms with E-state index in [0.717, 1.165) is 0 Å². The number of rotatable bonds is 6. The van der Waals surface area contributed by atoms with Gasteiger partial charge in [-0.05, 0) is 12.8 Å². The van der Waals surface area contributed by atoms with Crippen LogP contribution in [-0.4, -0.2) is 34.6 Å². The molecule has 2 N–H and O–H groups in total. The van der Waals surface area contributed by atoms with Gasteiger partial charge in [-0.1, -0.05) is 0 Å². The molecule has 0 fully saturated rings. The van der Waals surface area contributed by atoms with Crippen LogP contribution in [0.5, 0.6) is 0 Å². The number of carboxylic acid groups (broad SMARTS) is 1. The molecular formula is C7H13O5P. The fourth-order valence-electron chi connectivity index (χ4n) is 0.798. The Labute approximate surface area is 76.2 Å². The summed E-state index contributed by atoms with van der Waals surface area (Å²) in [6, 6.07) is 0. The Morgan fingerprint density at radius 3 is 2.23 bits per heavy atom. The van der Waals surface area contributed by atoms with E-state index in [1.165, 1.54) is 6.66 Å². The molecule has 0 aliphatic heterocycles. The zero-order valence-corrected chi connectivity index (χ0v) is 8.29. The molecule has 0 bridgehead atoms. The minimum absolute atomic E-state index is 0.0602. The van der Waals surface area contributed by atoms with Gasteiger partial charge in [-0.15, -0.1) is 0 Å². The third kappa shape index (κ3) is 7.68. The summed E-state index contributed by atoms with van der Waals surface area (Å²) in [7, 11) is -3.01. The van der Waals surface area contributed by atoms with Crippen molar-refractivity contribution in [2.75, 3.05) is 12.8 Å². The van der Waals surface area contributed by atoms with Gasteiger partial charge in [0.05, 0.1) is 0 Å². The van der Waals surface area contributed by atoms with E-state index in [1.807, 2.05) is 0 Å². The molecule has 0 aliphatic rings. The second-order valence-electron chi connectivity index (χ2n) is 2.96. The standard InChI is InChI=1S/C7H13O5P/c1-13(11,12)5-3-2-4-6(8)7(9)10/h2-5H2,1H3,(H,9,10)(H,11,12). The SMILES string of the molecule is CP(=O)(O)CCCCC(=O)C(=O)O. The lowest BCUT2D eigenvalue weighted by atomic mass is 10.2. The fraction of sp³-hybridized carbons (Fsp3) is 0.714. The first kappa shape index (κ1) is 12.3. The van der Waals surface area contributed by atoms with Gasteiger partial charge in [0.2, 0.25) is 5.78 Å². The highest BCUT2D eigenvalue weighted by molar-refractivity contribution is 7.57. The average Bonchev–Trinajstić information content (AvgIpc) is 1.95.